The Morgan fingerprint density at radius 1 is 0.439 bits per heavy atom. The number of hydrogen-bond acceptors (Lipinski definition) is 21. The molecule has 0 amide bonds. The van der Waals surface area contributed by atoms with E-state index in [2.05, 4.69) is 0 Å². The highest BCUT2D eigenvalue weighted by Crippen LogP contribution is 2.19. The van der Waals surface area contributed by atoms with Crippen LogP contribution in [0.15, 0.2) is 0 Å². The van der Waals surface area contributed by atoms with Gasteiger partial charge in [0.1, 0.15) is 23.8 Å². The van der Waals surface area contributed by atoms with Crippen LogP contribution < -0.4 is 0 Å². The van der Waals surface area contributed by atoms with E-state index in [1.165, 1.54) is 94.1 Å². The van der Waals surface area contributed by atoms with Gasteiger partial charge in [-0.1, -0.05) is 0 Å². The molecule has 0 fully saturated rings. The zero-order valence-electron chi connectivity index (χ0n) is 22.2. The highest BCUT2D eigenvalue weighted by molar-refractivity contribution is 8.22. The van der Waals surface area contributed by atoms with Crippen LogP contribution in [0.1, 0.15) is 0 Å². The number of aliphatic hydroxyl groups excluding tert-OH is 2. The monoisotopic (exact) mass is 788 g/mol. The fourth-order valence-electron chi connectivity index (χ4n) is 1.70. The summed E-state index contributed by atoms with van der Waals surface area (Å²) in [5, 5.41) is 21.7. The van der Waals surface area contributed by atoms with E-state index in [0.29, 0.717) is 45.4 Å². The van der Waals surface area contributed by atoms with Gasteiger partial charge in [0.15, 0.2) is 0 Å². The van der Waals surface area contributed by atoms with E-state index in [4.69, 9.17) is 34.2 Å². The van der Waals surface area contributed by atoms with Crippen molar-refractivity contribution in [2.24, 2.45) is 0 Å². The number of carbonyl (C=O) groups excluding carboxylic acids is 3. The van der Waals surface area contributed by atoms with Crippen molar-refractivity contribution in [1.29, 1.82) is 0 Å². The fraction of sp³-hybridized carbons (Fsp3) is 0.850. The molecule has 242 valence electrons. The van der Waals surface area contributed by atoms with E-state index < -0.39 is 0 Å². The summed E-state index contributed by atoms with van der Waals surface area (Å²) in [7, 11) is 0. The molecule has 10 nitrogen and oxygen atoms in total. The van der Waals surface area contributed by atoms with E-state index in [0.717, 1.165) is 21.0 Å². The second-order valence-corrected chi connectivity index (χ2v) is 19.2. The number of carbonyl (C=O) groups is 3. The van der Waals surface area contributed by atoms with Gasteiger partial charge in [0, 0.05) is 36.3 Å². The summed E-state index contributed by atoms with van der Waals surface area (Å²) < 4.78 is 15.3. The highest BCUT2D eigenvalue weighted by atomic mass is 32.2. The van der Waals surface area contributed by atoms with Crippen LogP contribution in [0.4, 0.5) is 0 Å². The Labute approximate surface area is 289 Å². The van der Waals surface area contributed by atoms with Gasteiger partial charge in [0.25, 0.3) is 0 Å². The van der Waals surface area contributed by atoms with Crippen LogP contribution in [-0.2, 0) is 38.4 Å². The first-order valence-electron chi connectivity index (χ1n) is 11.4. The summed E-state index contributed by atoms with van der Waals surface area (Å²) in [6, 6.07) is 0. The molecule has 0 atom stereocenters. The van der Waals surface area contributed by atoms with Gasteiger partial charge in [-0.3, -0.25) is 14.4 Å². The molecule has 0 aromatic rings. The van der Waals surface area contributed by atoms with E-state index in [1.54, 1.807) is 35.3 Å². The zero-order valence-corrected chi connectivity index (χ0v) is 31.2. The topological polar surface area (TPSA) is 138 Å². The molecular weight excluding hydrogens is 753 g/mol. The second kappa shape index (κ2) is 36.6. The van der Waals surface area contributed by atoms with Gasteiger partial charge >= 0.3 is 17.9 Å². The molecule has 2 N–H and O–H groups in total. The van der Waals surface area contributed by atoms with E-state index in [-0.39, 0.29) is 47.2 Å². The lowest BCUT2D eigenvalue weighted by Gasteiger charge is -2.06. The van der Waals surface area contributed by atoms with Crippen LogP contribution in [0.3, 0.4) is 0 Å². The molecule has 0 bridgehead atoms. The second-order valence-electron chi connectivity index (χ2n) is 6.31. The maximum atomic E-state index is 11.7. The number of rotatable bonds is 32. The molecular formula is C20H36O10S11. The van der Waals surface area contributed by atoms with E-state index in [9.17, 15) is 14.4 Å². The third-order valence-electron chi connectivity index (χ3n) is 3.28. The van der Waals surface area contributed by atoms with E-state index in [1.807, 2.05) is 0 Å². The molecule has 0 radical (unpaired) electrons. The van der Waals surface area contributed by atoms with Crippen molar-refractivity contribution in [3.05, 3.63) is 0 Å². The first kappa shape index (κ1) is 43.1. The third kappa shape index (κ3) is 36.4. The lowest BCUT2D eigenvalue weighted by molar-refractivity contribution is -0.274. The largest absolute Gasteiger partial charge is 0.454 e. The van der Waals surface area contributed by atoms with E-state index >= 15 is 0 Å². The minimum atomic E-state index is -0.286. The average molecular weight is 789 g/mol. The highest BCUT2D eigenvalue weighted by Gasteiger charge is 2.06. The van der Waals surface area contributed by atoms with Crippen molar-refractivity contribution in [1.82, 2.24) is 0 Å². The maximum Gasteiger partial charge on any atom is 0.316 e. The molecule has 0 saturated carbocycles. The van der Waals surface area contributed by atoms with Crippen LogP contribution in [0.2, 0.25) is 0 Å². The molecule has 41 heavy (non-hydrogen) atoms. The summed E-state index contributed by atoms with van der Waals surface area (Å²) >= 11 is 16.4. The minimum Gasteiger partial charge on any atom is -0.454 e. The molecule has 0 heterocycles. The smallest absolute Gasteiger partial charge is 0.316 e. The Morgan fingerprint density at radius 2 is 0.829 bits per heavy atom. The van der Waals surface area contributed by atoms with Crippen LogP contribution in [0, 0.1) is 0 Å². The van der Waals surface area contributed by atoms with Crippen molar-refractivity contribution >= 4 is 147 Å². The number of aliphatic hydroxyl groups is 2. The molecule has 0 aromatic heterocycles. The predicted molar refractivity (Wildman–Crippen MR) is 191 cm³/mol. The lowest BCUT2D eigenvalue weighted by Crippen LogP contribution is -2.09. The molecule has 0 spiro atoms. The number of esters is 3. The Morgan fingerprint density at radius 3 is 1.29 bits per heavy atom. The Bertz CT molecular complexity index is 629. The van der Waals surface area contributed by atoms with Crippen LogP contribution in [-0.4, -0.2) is 124 Å². The summed E-state index contributed by atoms with van der Waals surface area (Å²) in [6.45, 7) is 0.471. The lowest BCUT2D eigenvalue weighted by atomic mass is 10.8. The Kier molecular flexibility index (Phi) is 38.4. The SMILES string of the molecule is O=C(CSCSCCOOCSCSCSCOC(=O)CSCSCC(=O)OCSCSCO)OCSCSCO. The molecule has 0 aromatic carbocycles. The Balaban J connectivity index is 3.26. The maximum absolute atomic E-state index is 11.7. The minimum absolute atomic E-state index is 0.0560. The van der Waals surface area contributed by atoms with Crippen molar-refractivity contribution < 1.29 is 48.6 Å². The predicted octanol–water partition coefficient (Wildman–Crippen LogP) is 5.10. The molecule has 0 rings (SSSR count). The summed E-state index contributed by atoms with van der Waals surface area (Å²) in [5.74, 6) is 2.24. The van der Waals surface area contributed by atoms with Crippen molar-refractivity contribution in [3.63, 3.8) is 0 Å². The molecule has 21 heteroatoms. The first-order valence-corrected chi connectivity index (χ1v) is 24.1. The Hall–Kier alpha value is 2.10. The summed E-state index contributed by atoms with van der Waals surface area (Å²) in [6.07, 6.45) is 0. The fourth-order valence-corrected chi connectivity index (χ4v) is 10.3. The van der Waals surface area contributed by atoms with Crippen LogP contribution in [0.25, 0.3) is 0 Å². The standard InChI is InChI=1S/C20H36O10S11/c21-6-35-14-37-8-26-18(23)3-32-12-31-2-1-29-30-11-40-17-41-16-39-10-28-20(25)5-34-13-33-4-19(24)27-9-38-15-36-7-22/h21-22H,1-17H2. The van der Waals surface area contributed by atoms with Gasteiger partial charge in [-0.05, 0) is 0 Å². The van der Waals surface area contributed by atoms with Crippen molar-refractivity contribution in [2.45, 2.75) is 0 Å². The van der Waals surface area contributed by atoms with Gasteiger partial charge < -0.3 is 24.4 Å². The normalized spacial score (nSPS) is 11.0. The number of thioether (sulfide) groups is 11. The van der Waals surface area contributed by atoms with Crippen molar-refractivity contribution in [2.75, 3.05) is 95.8 Å². The number of ether oxygens (including phenoxy) is 3. The third-order valence-corrected chi connectivity index (χ3v) is 14.5. The zero-order chi connectivity index (χ0) is 30.1. The number of hydrogen-bond donors (Lipinski definition) is 2. The molecule has 0 saturated heterocycles. The van der Waals surface area contributed by atoms with Gasteiger partial charge in [0.2, 0.25) is 0 Å². The molecule has 0 aliphatic heterocycles. The van der Waals surface area contributed by atoms with Gasteiger partial charge in [0.05, 0.1) is 35.7 Å². The average Bonchev–Trinajstić information content (AvgIpc) is 2.96. The molecule has 0 aliphatic rings. The molecule has 0 aliphatic carbocycles. The van der Waals surface area contributed by atoms with Crippen LogP contribution >= 0.6 is 129 Å². The summed E-state index contributed by atoms with van der Waals surface area (Å²) in [5.41, 5.74) is 0. The van der Waals surface area contributed by atoms with Crippen LogP contribution in [0.5, 0.6) is 0 Å². The summed E-state index contributed by atoms with van der Waals surface area (Å²) in [4.78, 5) is 45.1. The van der Waals surface area contributed by atoms with Gasteiger partial charge in [-0.2, -0.15) is 0 Å². The van der Waals surface area contributed by atoms with Gasteiger partial charge in [-0.25, -0.2) is 9.78 Å². The quantitative estimate of drug-likeness (QED) is 0.0233. The van der Waals surface area contributed by atoms with Crippen molar-refractivity contribution in [3.8, 4) is 0 Å². The van der Waals surface area contributed by atoms with Gasteiger partial charge in [-0.15, -0.1) is 129 Å². The first-order chi connectivity index (χ1) is 20.1. The molecule has 0 unspecified atom stereocenters.